The molecule has 0 atom stereocenters. The van der Waals surface area contributed by atoms with Crippen molar-refractivity contribution < 1.29 is 27.9 Å². The Morgan fingerprint density at radius 2 is 0.513 bits per heavy atom. The molecule has 0 aromatic heterocycles. The van der Waals surface area contributed by atoms with Crippen LogP contribution in [0.5, 0.6) is 0 Å². The fourth-order valence-corrected chi connectivity index (χ4v) is 6.88. The van der Waals surface area contributed by atoms with E-state index in [1.54, 1.807) is 0 Å². The third-order valence-electron chi connectivity index (χ3n) is 9.18. The standard InChI is InChI=1S/C30H57B3O6/c1-4-7-10-13-16-19-22-31-34-25-26(35-31)30-28-27(36-32(37-28)23-20-17-14-11-8-5-2)29(25)38-33(39-30)24-21-18-15-12-9-6-3/h25-30H,4-24H2,1-3H3. The molecule has 0 aromatic rings. The van der Waals surface area contributed by atoms with Gasteiger partial charge in [-0.25, -0.2) is 0 Å². The highest BCUT2D eigenvalue weighted by Crippen LogP contribution is 2.44. The first-order valence-electron chi connectivity index (χ1n) is 17.2. The molecular formula is C30H57B3O6. The first-order chi connectivity index (χ1) is 19.2. The molecule has 39 heavy (non-hydrogen) atoms. The molecule has 0 aromatic carbocycles. The lowest BCUT2D eigenvalue weighted by Gasteiger charge is -2.40. The lowest BCUT2D eigenvalue weighted by atomic mass is 9.80. The second kappa shape index (κ2) is 17.8. The Morgan fingerprint density at radius 3 is 0.744 bits per heavy atom. The average Bonchev–Trinajstić information content (AvgIpc) is 3.50. The summed E-state index contributed by atoms with van der Waals surface area (Å²) >= 11 is 0. The fourth-order valence-electron chi connectivity index (χ4n) is 6.88. The summed E-state index contributed by atoms with van der Waals surface area (Å²) in [6, 6.07) is 0. The Balaban J connectivity index is 1.29. The van der Waals surface area contributed by atoms with Crippen molar-refractivity contribution >= 4 is 21.4 Å². The van der Waals surface area contributed by atoms with Gasteiger partial charge < -0.3 is 27.9 Å². The van der Waals surface area contributed by atoms with Crippen LogP contribution in [0.3, 0.4) is 0 Å². The van der Waals surface area contributed by atoms with Crippen molar-refractivity contribution in [3.63, 3.8) is 0 Å². The second-order valence-electron chi connectivity index (χ2n) is 12.6. The molecule has 2 bridgehead atoms. The highest BCUT2D eigenvalue weighted by molar-refractivity contribution is 6.47. The Morgan fingerprint density at radius 1 is 0.308 bits per heavy atom. The molecule has 1 aliphatic carbocycles. The van der Waals surface area contributed by atoms with Gasteiger partial charge in [-0.3, -0.25) is 0 Å². The van der Waals surface area contributed by atoms with Crippen LogP contribution in [0.4, 0.5) is 0 Å². The highest BCUT2D eigenvalue weighted by Gasteiger charge is 2.65. The molecule has 6 nitrogen and oxygen atoms in total. The number of hydrogen-bond acceptors (Lipinski definition) is 6. The molecule has 0 spiro atoms. The van der Waals surface area contributed by atoms with Crippen LogP contribution in [-0.4, -0.2) is 58.0 Å². The molecule has 9 heteroatoms. The van der Waals surface area contributed by atoms with Gasteiger partial charge in [-0.1, -0.05) is 136 Å². The lowest BCUT2D eigenvalue weighted by Crippen LogP contribution is -2.60. The minimum Gasteiger partial charge on any atom is -0.403 e. The number of fused-ring (bicyclic) bond motifs is 2. The van der Waals surface area contributed by atoms with Crippen molar-refractivity contribution in [2.45, 2.75) is 192 Å². The maximum absolute atomic E-state index is 6.66. The van der Waals surface area contributed by atoms with Gasteiger partial charge in [-0.05, 0) is 19.0 Å². The number of rotatable bonds is 21. The van der Waals surface area contributed by atoms with Crippen molar-refractivity contribution in [3.05, 3.63) is 0 Å². The van der Waals surface area contributed by atoms with E-state index in [4.69, 9.17) is 27.9 Å². The molecule has 4 heterocycles. The van der Waals surface area contributed by atoms with Crippen LogP contribution in [0.25, 0.3) is 0 Å². The fraction of sp³-hybridized carbons (Fsp3) is 1.00. The molecule has 222 valence electrons. The summed E-state index contributed by atoms with van der Waals surface area (Å²) in [5, 5.41) is 0. The molecular weight excluding hydrogens is 489 g/mol. The van der Waals surface area contributed by atoms with Crippen LogP contribution in [0.1, 0.15) is 136 Å². The zero-order valence-corrected chi connectivity index (χ0v) is 25.5. The molecule has 4 saturated heterocycles. The van der Waals surface area contributed by atoms with E-state index in [2.05, 4.69) is 20.8 Å². The minimum atomic E-state index is -0.226. The summed E-state index contributed by atoms with van der Waals surface area (Å²) in [5.74, 6) is 0. The van der Waals surface area contributed by atoms with E-state index in [1.165, 1.54) is 96.3 Å². The van der Waals surface area contributed by atoms with Crippen molar-refractivity contribution in [2.24, 2.45) is 0 Å². The van der Waals surface area contributed by atoms with E-state index in [1.807, 2.05) is 0 Å². The van der Waals surface area contributed by atoms with Crippen LogP contribution in [-0.2, 0) is 27.9 Å². The van der Waals surface area contributed by atoms with Crippen LogP contribution in [0.2, 0.25) is 19.0 Å². The summed E-state index contributed by atoms with van der Waals surface area (Å²) in [6.45, 7) is 6.79. The molecule has 5 aliphatic rings. The van der Waals surface area contributed by atoms with E-state index in [-0.39, 0.29) is 58.0 Å². The van der Waals surface area contributed by atoms with Crippen molar-refractivity contribution in [1.29, 1.82) is 0 Å². The zero-order valence-electron chi connectivity index (χ0n) is 25.5. The van der Waals surface area contributed by atoms with Gasteiger partial charge in [-0.15, -0.1) is 0 Å². The molecule has 4 aliphatic heterocycles. The summed E-state index contributed by atoms with van der Waals surface area (Å²) < 4.78 is 39.5. The van der Waals surface area contributed by atoms with Crippen LogP contribution < -0.4 is 0 Å². The molecule has 0 unspecified atom stereocenters. The van der Waals surface area contributed by atoms with Crippen molar-refractivity contribution in [1.82, 2.24) is 0 Å². The zero-order chi connectivity index (χ0) is 27.3. The van der Waals surface area contributed by atoms with Gasteiger partial charge in [0, 0.05) is 0 Å². The third-order valence-corrected chi connectivity index (χ3v) is 9.18. The SMILES string of the molecule is CCCCCCCCB1OC2C(O1)C1OB(CCCCCCCC)OC2C2OB(CCCCCCCC)OC21. The third kappa shape index (κ3) is 9.48. The van der Waals surface area contributed by atoms with Crippen molar-refractivity contribution in [2.75, 3.05) is 0 Å². The number of hydrogen-bond donors (Lipinski definition) is 0. The normalized spacial score (nSPS) is 29.8. The Bertz CT molecular complexity index is 590. The van der Waals surface area contributed by atoms with Gasteiger partial charge in [0.15, 0.2) is 0 Å². The van der Waals surface area contributed by atoms with Crippen LogP contribution in [0, 0.1) is 0 Å². The largest absolute Gasteiger partial charge is 0.457 e. The van der Waals surface area contributed by atoms with E-state index in [9.17, 15) is 0 Å². The van der Waals surface area contributed by atoms with Gasteiger partial charge in [0.25, 0.3) is 0 Å². The first kappa shape index (κ1) is 31.9. The second-order valence-corrected chi connectivity index (χ2v) is 12.6. The molecule has 0 N–H and O–H groups in total. The first-order valence-corrected chi connectivity index (χ1v) is 17.2. The van der Waals surface area contributed by atoms with Crippen LogP contribution in [0.15, 0.2) is 0 Å². The predicted octanol–water partition coefficient (Wildman–Crippen LogP) is 7.90. The Hall–Kier alpha value is -0.0452. The molecule has 5 rings (SSSR count). The van der Waals surface area contributed by atoms with Gasteiger partial charge >= 0.3 is 21.4 Å². The molecule has 0 radical (unpaired) electrons. The maximum Gasteiger partial charge on any atom is 0.457 e. The van der Waals surface area contributed by atoms with Gasteiger partial charge in [0.2, 0.25) is 0 Å². The summed E-state index contributed by atoms with van der Waals surface area (Å²) in [4.78, 5) is 0. The summed E-state index contributed by atoms with van der Waals surface area (Å²) in [5.41, 5.74) is 0. The topological polar surface area (TPSA) is 55.4 Å². The van der Waals surface area contributed by atoms with Gasteiger partial charge in [-0.2, -0.15) is 0 Å². The smallest absolute Gasteiger partial charge is 0.403 e. The average molecular weight is 546 g/mol. The van der Waals surface area contributed by atoms with Crippen LogP contribution >= 0.6 is 0 Å². The van der Waals surface area contributed by atoms with Gasteiger partial charge in [0.05, 0.1) is 36.6 Å². The summed E-state index contributed by atoms with van der Waals surface area (Å²) in [6.07, 6.45) is 24.8. The Labute approximate surface area is 241 Å². The van der Waals surface area contributed by atoms with E-state index < -0.39 is 0 Å². The minimum absolute atomic E-state index is 0.132. The summed E-state index contributed by atoms with van der Waals surface area (Å²) in [7, 11) is -0.566. The molecule has 5 fully saturated rings. The van der Waals surface area contributed by atoms with Gasteiger partial charge in [0.1, 0.15) is 0 Å². The quantitative estimate of drug-likeness (QED) is 0.108. The van der Waals surface area contributed by atoms with E-state index >= 15 is 0 Å². The predicted molar refractivity (Wildman–Crippen MR) is 161 cm³/mol. The lowest BCUT2D eigenvalue weighted by molar-refractivity contribution is -0.106. The maximum atomic E-state index is 6.66. The molecule has 1 saturated carbocycles. The van der Waals surface area contributed by atoms with E-state index in [0.717, 1.165) is 38.2 Å². The molecule has 0 amide bonds. The monoisotopic (exact) mass is 546 g/mol. The van der Waals surface area contributed by atoms with E-state index in [0.29, 0.717) is 0 Å². The Kier molecular flexibility index (Phi) is 14.6. The number of unbranched alkanes of at least 4 members (excludes halogenated alkanes) is 15. The highest BCUT2D eigenvalue weighted by atomic mass is 16.7. The van der Waals surface area contributed by atoms with Crippen molar-refractivity contribution in [3.8, 4) is 0 Å².